The molecule has 4 atom stereocenters. The van der Waals surface area contributed by atoms with E-state index in [1.165, 1.54) is 6.42 Å². The SMILES string of the molecule is CN1C2CCC1[C@H](OC(=O)[C@@](O)(c1ccccc1)C1CCCC1)C2. The number of benzene rings is 1. The Labute approximate surface area is 143 Å². The molecule has 1 saturated carbocycles. The van der Waals surface area contributed by atoms with Gasteiger partial charge < -0.3 is 9.84 Å². The second-order valence-electron chi connectivity index (χ2n) is 7.76. The zero-order valence-electron chi connectivity index (χ0n) is 14.4. The van der Waals surface area contributed by atoms with Crippen molar-refractivity contribution in [2.75, 3.05) is 7.05 Å². The number of ether oxygens (including phenoxy) is 1. The number of fused-ring (bicyclic) bond motifs is 2. The Morgan fingerprint density at radius 2 is 1.88 bits per heavy atom. The van der Waals surface area contributed by atoms with Gasteiger partial charge >= 0.3 is 5.97 Å². The van der Waals surface area contributed by atoms with Crippen molar-refractivity contribution in [3.8, 4) is 0 Å². The molecular weight excluding hydrogens is 302 g/mol. The predicted octanol–water partition coefficient (Wildman–Crippen LogP) is 2.84. The molecule has 0 spiro atoms. The van der Waals surface area contributed by atoms with Gasteiger partial charge in [-0.25, -0.2) is 4.79 Å². The highest BCUT2D eigenvalue weighted by Crippen LogP contribution is 2.43. The number of nitrogens with zero attached hydrogens (tertiary/aromatic N) is 1. The molecule has 24 heavy (non-hydrogen) atoms. The molecule has 2 saturated heterocycles. The Balaban J connectivity index is 1.58. The van der Waals surface area contributed by atoms with Gasteiger partial charge in [0.1, 0.15) is 6.10 Å². The average Bonchev–Trinajstić information content (AvgIpc) is 3.32. The van der Waals surface area contributed by atoms with Gasteiger partial charge in [-0.1, -0.05) is 43.2 Å². The van der Waals surface area contributed by atoms with Gasteiger partial charge in [0.15, 0.2) is 5.60 Å². The molecule has 3 fully saturated rings. The first-order valence-corrected chi connectivity index (χ1v) is 9.31. The molecule has 1 aliphatic carbocycles. The summed E-state index contributed by atoms with van der Waals surface area (Å²) >= 11 is 0. The van der Waals surface area contributed by atoms with E-state index in [9.17, 15) is 9.90 Å². The van der Waals surface area contributed by atoms with Gasteiger partial charge in [-0.15, -0.1) is 0 Å². The highest BCUT2D eigenvalue weighted by molar-refractivity contribution is 5.82. The molecule has 2 unspecified atom stereocenters. The maximum Gasteiger partial charge on any atom is 0.343 e. The van der Waals surface area contributed by atoms with Crippen LogP contribution in [0.15, 0.2) is 30.3 Å². The summed E-state index contributed by atoms with van der Waals surface area (Å²) in [7, 11) is 2.12. The van der Waals surface area contributed by atoms with E-state index in [4.69, 9.17) is 4.74 Å². The Bertz CT molecular complexity index is 598. The molecule has 2 aliphatic heterocycles. The lowest BCUT2D eigenvalue weighted by Gasteiger charge is -2.34. The summed E-state index contributed by atoms with van der Waals surface area (Å²) in [5, 5.41) is 11.5. The zero-order chi connectivity index (χ0) is 16.7. The third-order valence-electron chi connectivity index (χ3n) is 6.56. The van der Waals surface area contributed by atoms with Gasteiger partial charge in [-0.05, 0) is 38.3 Å². The maximum absolute atomic E-state index is 13.1. The van der Waals surface area contributed by atoms with Crippen molar-refractivity contribution < 1.29 is 14.6 Å². The van der Waals surface area contributed by atoms with Crippen molar-refractivity contribution in [2.45, 2.75) is 68.7 Å². The molecule has 1 aromatic carbocycles. The number of hydrogen-bond donors (Lipinski definition) is 1. The van der Waals surface area contributed by atoms with Gasteiger partial charge in [0.25, 0.3) is 0 Å². The van der Waals surface area contributed by atoms with Gasteiger partial charge in [0.2, 0.25) is 0 Å². The molecule has 0 aromatic heterocycles. The maximum atomic E-state index is 13.1. The van der Waals surface area contributed by atoms with Crippen LogP contribution in [-0.2, 0) is 15.1 Å². The lowest BCUT2D eigenvalue weighted by atomic mass is 9.80. The summed E-state index contributed by atoms with van der Waals surface area (Å²) < 4.78 is 5.92. The summed E-state index contributed by atoms with van der Waals surface area (Å²) in [5.74, 6) is -0.477. The van der Waals surface area contributed by atoms with Crippen molar-refractivity contribution in [1.82, 2.24) is 4.90 Å². The Morgan fingerprint density at radius 3 is 2.46 bits per heavy atom. The van der Waals surface area contributed by atoms with E-state index in [1.807, 2.05) is 30.3 Å². The third kappa shape index (κ3) is 2.47. The zero-order valence-corrected chi connectivity index (χ0v) is 14.4. The molecule has 130 valence electrons. The van der Waals surface area contributed by atoms with Crippen molar-refractivity contribution in [2.24, 2.45) is 5.92 Å². The minimum Gasteiger partial charge on any atom is -0.458 e. The lowest BCUT2D eigenvalue weighted by Crippen LogP contribution is -2.46. The topological polar surface area (TPSA) is 49.8 Å². The summed E-state index contributed by atoms with van der Waals surface area (Å²) in [5.41, 5.74) is -0.823. The van der Waals surface area contributed by atoms with Crippen molar-refractivity contribution >= 4 is 5.97 Å². The average molecular weight is 329 g/mol. The molecule has 0 radical (unpaired) electrons. The van der Waals surface area contributed by atoms with Crippen LogP contribution in [-0.4, -0.2) is 41.2 Å². The minimum atomic E-state index is -1.50. The molecule has 1 aromatic rings. The van der Waals surface area contributed by atoms with E-state index in [-0.39, 0.29) is 12.0 Å². The second kappa shape index (κ2) is 6.16. The Morgan fingerprint density at radius 1 is 1.17 bits per heavy atom. The van der Waals surface area contributed by atoms with Crippen LogP contribution in [0.5, 0.6) is 0 Å². The van der Waals surface area contributed by atoms with E-state index in [1.54, 1.807) is 0 Å². The number of hydrogen-bond acceptors (Lipinski definition) is 4. The number of aliphatic hydroxyl groups is 1. The standard InChI is InChI=1S/C20H27NO3/c1-21-16-11-12-17(21)18(13-16)24-19(22)20(23,15-9-5-6-10-15)14-7-3-2-4-8-14/h2-4,7-8,15-18,23H,5-6,9-13H2,1H3/t16?,17?,18-,20-/m1/s1. The molecule has 1 N–H and O–H groups in total. The summed E-state index contributed by atoms with van der Waals surface area (Å²) in [6, 6.07) is 10.2. The third-order valence-corrected chi connectivity index (χ3v) is 6.56. The van der Waals surface area contributed by atoms with Gasteiger partial charge in [0.05, 0.1) is 0 Å². The molecule has 3 aliphatic rings. The number of likely N-dealkylation sites (N-methyl/N-ethyl adjacent to an activating group) is 1. The van der Waals surface area contributed by atoms with Crippen LogP contribution in [0.25, 0.3) is 0 Å². The second-order valence-corrected chi connectivity index (χ2v) is 7.76. The first-order chi connectivity index (χ1) is 11.6. The van der Waals surface area contributed by atoms with Crippen LogP contribution in [0.2, 0.25) is 0 Å². The fourth-order valence-corrected chi connectivity index (χ4v) is 5.11. The lowest BCUT2D eigenvalue weighted by molar-refractivity contribution is -0.180. The molecule has 0 amide bonds. The van der Waals surface area contributed by atoms with Crippen LogP contribution in [0.4, 0.5) is 0 Å². The largest absolute Gasteiger partial charge is 0.458 e. The molecule has 4 rings (SSSR count). The van der Waals surface area contributed by atoms with Crippen LogP contribution in [0.1, 0.15) is 50.5 Å². The van der Waals surface area contributed by atoms with E-state index >= 15 is 0 Å². The van der Waals surface area contributed by atoms with E-state index < -0.39 is 11.6 Å². The fourth-order valence-electron chi connectivity index (χ4n) is 5.11. The molecule has 2 heterocycles. The van der Waals surface area contributed by atoms with Gasteiger partial charge in [-0.2, -0.15) is 0 Å². The van der Waals surface area contributed by atoms with Crippen molar-refractivity contribution in [3.05, 3.63) is 35.9 Å². The van der Waals surface area contributed by atoms with Gasteiger partial charge in [-0.3, -0.25) is 4.90 Å². The monoisotopic (exact) mass is 329 g/mol. The van der Waals surface area contributed by atoms with Crippen molar-refractivity contribution in [3.63, 3.8) is 0 Å². The van der Waals surface area contributed by atoms with Crippen LogP contribution >= 0.6 is 0 Å². The van der Waals surface area contributed by atoms with Crippen LogP contribution in [0, 0.1) is 5.92 Å². The highest BCUT2D eigenvalue weighted by atomic mass is 16.6. The van der Waals surface area contributed by atoms with Crippen molar-refractivity contribution in [1.29, 1.82) is 0 Å². The minimum absolute atomic E-state index is 0.0382. The number of rotatable bonds is 4. The molecular formula is C20H27NO3. The predicted molar refractivity (Wildman–Crippen MR) is 91.4 cm³/mol. The summed E-state index contributed by atoms with van der Waals surface area (Å²) in [6.45, 7) is 0. The Hall–Kier alpha value is -1.39. The summed E-state index contributed by atoms with van der Waals surface area (Å²) in [4.78, 5) is 15.4. The van der Waals surface area contributed by atoms with E-state index in [0.717, 1.165) is 38.5 Å². The highest BCUT2D eigenvalue weighted by Gasteiger charge is 2.52. The number of carbonyl (C=O) groups is 1. The van der Waals surface area contributed by atoms with Crippen LogP contribution in [0.3, 0.4) is 0 Å². The fraction of sp³-hybridized carbons (Fsp3) is 0.650. The van der Waals surface area contributed by atoms with Gasteiger partial charge in [0, 0.05) is 24.4 Å². The quantitative estimate of drug-likeness (QED) is 0.863. The molecule has 4 nitrogen and oxygen atoms in total. The summed E-state index contributed by atoms with van der Waals surface area (Å²) in [6.07, 6.45) is 7.04. The number of esters is 1. The first kappa shape index (κ1) is 16.1. The normalized spacial score (nSPS) is 32.8. The van der Waals surface area contributed by atoms with E-state index in [2.05, 4.69) is 11.9 Å². The Kier molecular flexibility index (Phi) is 4.13. The van der Waals surface area contributed by atoms with Crippen LogP contribution < -0.4 is 0 Å². The van der Waals surface area contributed by atoms with E-state index in [0.29, 0.717) is 17.6 Å². The number of carbonyl (C=O) groups excluding carboxylic acids is 1. The smallest absolute Gasteiger partial charge is 0.343 e. The molecule has 4 heteroatoms. The molecule has 2 bridgehead atoms. The first-order valence-electron chi connectivity index (χ1n) is 9.31.